The topological polar surface area (TPSA) is 71.7 Å². The third-order valence-corrected chi connectivity index (χ3v) is 5.88. The number of hydrogen-bond acceptors (Lipinski definition) is 6. The van der Waals surface area contributed by atoms with Gasteiger partial charge < -0.3 is 14.2 Å². The van der Waals surface area contributed by atoms with Gasteiger partial charge in [0.25, 0.3) is 11.8 Å². The molecule has 2 fully saturated rings. The molecule has 0 N–H and O–H groups in total. The Morgan fingerprint density at radius 2 is 1.80 bits per heavy atom. The summed E-state index contributed by atoms with van der Waals surface area (Å²) in [7, 11) is 2.11. The first-order chi connectivity index (χ1) is 14.7. The first-order valence-corrected chi connectivity index (χ1v) is 10.2. The van der Waals surface area contributed by atoms with Crippen LogP contribution in [0.3, 0.4) is 0 Å². The molecule has 0 aliphatic carbocycles. The Morgan fingerprint density at radius 1 is 1.00 bits per heavy atom. The molecule has 30 heavy (non-hydrogen) atoms. The van der Waals surface area contributed by atoms with Crippen LogP contribution < -0.4 is 0 Å². The average Bonchev–Trinajstić information content (AvgIpc) is 3.12. The van der Waals surface area contributed by atoms with E-state index in [9.17, 15) is 4.79 Å². The van der Waals surface area contributed by atoms with Crippen LogP contribution in [0, 0.1) is 5.92 Å². The number of carbonyl (C=O) groups is 1. The zero-order valence-corrected chi connectivity index (χ0v) is 16.9. The molecule has 1 aromatic heterocycles. The summed E-state index contributed by atoms with van der Waals surface area (Å²) in [4.78, 5) is 22.3. The molecule has 5 rings (SSSR count). The second kappa shape index (κ2) is 8.01. The highest BCUT2D eigenvalue weighted by atomic mass is 16.5. The van der Waals surface area contributed by atoms with E-state index in [-0.39, 0.29) is 11.9 Å². The molecule has 154 valence electrons. The van der Waals surface area contributed by atoms with Crippen molar-refractivity contribution < 1.29 is 14.1 Å². The van der Waals surface area contributed by atoms with Crippen molar-refractivity contribution in [3.63, 3.8) is 0 Å². The summed E-state index contributed by atoms with van der Waals surface area (Å²) in [6, 6.07) is 17.3. The molecule has 0 radical (unpaired) electrons. The number of rotatable bonds is 3. The normalized spacial score (nSPS) is 22.0. The molecule has 2 bridgehead atoms. The lowest BCUT2D eigenvalue weighted by atomic mass is 10.0. The number of likely N-dealkylation sites (N-methyl/N-ethyl adjacent to an activating group) is 1. The first kappa shape index (κ1) is 19.0. The van der Waals surface area contributed by atoms with Gasteiger partial charge in [0.15, 0.2) is 0 Å². The van der Waals surface area contributed by atoms with E-state index in [1.165, 1.54) is 0 Å². The van der Waals surface area contributed by atoms with E-state index in [0.29, 0.717) is 55.1 Å². The van der Waals surface area contributed by atoms with Crippen LogP contribution in [-0.4, -0.2) is 71.8 Å². The molecule has 0 saturated carbocycles. The van der Waals surface area contributed by atoms with Crippen LogP contribution in [0.15, 0.2) is 59.1 Å². The SMILES string of the molecule is CN1C[C@H]2COC[C@@H]1CN(C(=O)c1ccccc1-c1nc(-c3ccccc3)no1)C2. The van der Waals surface area contributed by atoms with Gasteiger partial charge in [-0.25, -0.2) is 0 Å². The summed E-state index contributed by atoms with van der Waals surface area (Å²) < 4.78 is 11.3. The van der Waals surface area contributed by atoms with Crippen LogP contribution in [0.4, 0.5) is 0 Å². The maximum absolute atomic E-state index is 13.5. The first-order valence-electron chi connectivity index (χ1n) is 10.2. The van der Waals surface area contributed by atoms with E-state index in [0.717, 1.165) is 12.1 Å². The highest BCUT2D eigenvalue weighted by Gasteiger charge is 2.34. The van der Waals surface area contributed by atoms with E-state index < -0.39 is 0 Å². The van der Waals surface area contributed by atoms with Crippen LogP contribution in [0.25, 0.3) is 22.8 Å². The summed E-state index contributed by atoms with van der Waals surface area (Å²) in [5.74, 6) is 1.17. The predicted octanol–water partition coefficient (Wildman–Crippen LogP) is 2.81. The van der Waals surface area contributed by atoms with E-state index in [1.807, 2.05) is 59.5 Å². The monoisotopic (exact) mass is 404 g/mol. The lowest BCUT2D eigenvalue weighted by molar-refractivity contribution is 0.0434. The number of aromatic nitrogens is 2. The van der Waals surface area contributed by atoms with Crippen LogP contribution in [-0.2, 0) is 4.74 Å². The number of fused-ring (bicyclic) bond motifs is 3. The standard InChI is InChI=1S/C23H24N4O3/c1-26-11-16-12-27(13-18(26)15-29-14-16)23(28)20-10-6-5-9-19(20)22-24-21(25-30-22)17-7-3-2-4-8-17/h2-10,16,18H,11-15H2,1H3/t16-,18+/m1/s1. The molecule has 2 aliphatic heterocycles. The van der Waals surface area contributed by atoms with Crippen molar-refractivity contribution >= 4 is 5.91 Å². The number of nitrogens with zero attached hydrogens (tertiary/aromatic N) is 4. The van der Waals surface area contributed by atoms with Crippen LogP contribution in [0.5, 0.6) is 0 Å². The highest BCUT2D eigenvalue weighted by Crippen LogP contribution is 2.27. The summed E-state index contributed by atoms with van der Waals surface area (Å²) in [5, 5.41) is 4.11. The van der Waals surface area contributed by atoms with Gasteiger partial charge in [-0.15, -0.1) is 0 Å². The Morgan fingerprint density at radius 3 is 2.67 bits per heavy atom. The van der Waals surface area contributed by atoms with Crippen LogP contribution in [0.2, 0.25) is 0 Å². The lowest BCUT2D eigenvalue weighted by Crippen LogP contribution is -2.44. The Bertz CT molecular complexity index is 1040. The minimum Gasteiger partial charge on any atom is -0.379 e. The summed E-state index contributed by atoms with van der Waals surface area (Å²) in [6.07, 6.45) is 0. The molecule has 0 spiro atoms. The van der Waals surface area contributed by atoms with Gasteiger partial charge in [-0.2, -0.15) is 4.98 Å². The summed E-state index contributed by atoms with van der Waals surface area (Å²) in [5.41, 5.74) is 2.13. The minimum absolute atomic E-state index is 0.00254. The van der Waals surface area contributed by atoms with Gasteiger partial charge in [-0.05, 0) is 19.2 Å². The maximum atomic E-state index is 13.5. The Kier molecular flexibility index (Phi) is 5.06. The predicted molar refractivity (Wildman–Crippen MR) is 112 cm³/mol. The van der Waals surface area contributed by atoms with Gasteiger partial charge in [-0.1, -0.05) is 47.6 Å². The van der Waals surface area contributed by atoms with Crippen molar-refractivity contribution in [2.45, 2.75) is 6.04 Å². The molecule has 2 atom stereocenters. The molecule has 3 heterocycles. The second-order valence-electron chi connectivity index (χ2n) is 8.04. The molecule has 7 nitrogen and oxygen atoms in total. The van der Waals surface area contributed by atoms with Crippen molar-refractivity contribution in [2.24, 2.45) is 5.92 Å². The fourth-order valence-corrected chi connectivity index (χ4v) is 4.28. The molecule has 2 saturated heterocycles. The third-order valence-electron chi connectivity index (χ3n) is 5.88. The van der Waals surface area contributed by atoms with Crippen molar-refractivity contribution in [3.05, 3.63) is 60.2 Å². The number of carbonyl (C=O) groups excluding carboxylic acids is 1. The van der Waals surface area contributed by atoms with Gasteiger partial charge in [0, 0.05) is 31.1 Å². The smallest absolute Gasteiger partial charge is 0.259 e. The van der Waals surface area contributed by atoms with Crippen molar-refractivity contribution in [2.75, 3.05) is 39.9 Å². The van der Waals surface area contributed by atoms with E-state index in [2.05, 4.69) is 22.1 Å². The minimum atomic E-state index is -0.00254. The molecule has 7 heteroatoms. The molecule has 0 unspecified atom stereocenters. The fraction of sp³-hybridized carbons (Fsp3) is 0.348. The molecule has 3 aromatic rings. The van der Waals surface area contributed by atoms with Crippen molar-refractivity contribution in [1.82, 2.24) is 19.9 Å². The van der Waals surface area contributed by atoms with Gasteiger partial charge in [-0.3, -0.25) is 9.69 Å². The van der Waals surface area contributed by atoms with Gasteiger partial charge >= 0.3 is 0 Å². The fourth-order valence-electron chi connectivity index (χ4n) is 4.28. The molecule has 2 aromatic carbocycles. The van der Waals surface area contributed by atoms with Crippen LogP contribution in [0.1, 0.15) is 10.4 Å². The zero-order valence-electron chi connectivity index (χ0n) is 16.9. The van der Waals surface area contributed by atoms with E-state index in [1.54, 1.807) is 0 Å². The van der Waals surface area contributed by atoms with Crippen molar-refractivity contribution in [1.29, 1.82) is 0 Å². The van der Waals surface area contributed by atoms with Crippen molar-refractivity contribution in [3.8, 4) is 22.8 Å². The summed E-state index contributed by atoms with van der Waals surface area (Å²) in [6.45, 7) is 3.63. The Hall–Kier alpha value is -3.03. The number of ether oxygens (including phenoxy) is 1. The number of amides is 1. The van der Waals surface area contributed by atoms with Gasteiger partial charge in [0.1, 0.15) is 0 Å². The highest BCUT2D eigenvalue weighted by molar-refractivity contribution is 6.00. The quantitative estimate of drug-likeness (QED) is 0.669. The van der Waals surface area contributed by atoms with E-state index in [4.69, 9.17) is 9.26 Å². The second-order valence-corrected chi connectivity index (χ2v) is 8.04. The number of benzene rings is 2. The lowest BCUT2D eigenvalue weighted by Gasteiger charge is -2.30. The van der Waals surface area contributed by atoms with Crippen LogP contribution >= 0.6 is 0 Å². The molecular formula is C23H24N4O3. The zero-order chi connectivity index (χ0) is 20.5. The maximum Gasteiger partial charge on any atom is 0.259 e. The molecule has 1 amide bonds. The Labute approximate surface area is 175 Å². The number of hydrogen-bond donors (Lipinski definition) is 0. The largest absolute Gasteiger partial charge is 0.379 e. The molecular weight excluding hydrogens is 380 g/mol. The van der Waals surface area contributed by atoms with E-state index >= 15 is 0 Å². The third kappa shape index (κ3) is 3.62. The Balaban J connectivity index is 1.45. The van der Waals surface area contributed by atoms with Gasteiger partial charge in [0.2, 0.25) is 5.82 Å². The average molecular weight is 404 g/mol. The molecule has 2 aliphatic rings. The summed E-state index contributed by atoms with van der Waals surface area (Å²) >= 11 is 0. The van der Waals surface area contributed by atoms with Gasteiger partial charge in [0.05, 0.1) is 30.4 Å².